The van der Waals surface area contributed by atoms with Crippen molar-refractivity contribution in [2.24, 2.45) is 5.73 Å². The van der Waals surface area contributed by atoms with E-state index in [2.05, 4.69) is 6.92 Å². The van der Waals surface area contributed by atoms with Crippen molar-refractivity contribution in [2.75, 3.05) is 26.2 Å². The third kappa shape index (κ3) is 5.07. The molecule has 0 saturated carbocycles. The van der Waals surface area contributed by atoms with Gasteiger partial charge in [-0.1, -0.05) is 31.2 Å². The van der Waals surface area contributed by atoms with Gasteiger partial charge in [0.2, 0.25) is 15.9 Å². The molecule has 4 N–H and O–H groups in total. The third-order valence-corrected chi connectivity index (χ3v) is 8.08. The number of rotatable bonds is 8. The SMILES string of the molecule is CCc1ccccc1COc1ccc(S(=O)(=O)N2CCN(C(=O)CN)CC2(C)C(=O)NO)cc1. The smallest absolute Gasteiger partial charge is 0.266 e. The van der Waals surface area contributed by atoms with Crippen LogP contribution in [0, 0.1) is 0 Å². The fourth-order valence-electron chi connectivity index (χ4n) is 4.06. The number of hydrogen-bond acceptors (Lipinski definition) is 7. The minimum Gasteiger partial charge on any atom is -0.489 e. The van der Waals surface area contributed by atoms with Crippen molar-refractivity contribution in [1.29, 1.82) is 0 Å². The van der Waals surface area contributed by atoms with Gasteiger partial charge < -0.3 is 15.4 Å². The summed E-state index contributed by atoms with van der Waals surface area (Å²) in [4.78, 5) is 25.8. The van der Waals surface area contributed by atoms with Gasteiger partial charge in [-0.15, -0.1) is 0 Å². The maximum absolute atomic E-state index is 13.4. The standard InChI is InChI=1S/C23H30N4O6S/c1-3-17-6-4-5-7-18(17)15-33-19-8-10-20(11-9-19)34(31,32)27-13-12-26(21(28)14-24)16-23(27,2)22(29)25-30/h4-11,30H,3,12-16,24H2,1-2H3,(H,25,29). The van der Waals surface area contributed by atoms with Gasteiger partial charge in [0.15, 0.2) is 0 Å². The summed E-state index contributed by atoms with van der Waals surface area (Å²) in [7, 11) is -4.14. The molecule has 10 nitrogen and oxygen atoms in total. The molecule has 1 saturated heterocycles. The van der Waals surface area contributed by atoms with Crippen LogP contribution in [0.15, 0.2) is 53.4 Å². The van der Waals surface area contributed by atoms with Gasteiger partial charge in [0.05, 0.1) is 11.4 Å². The lowest BCUT2D eigenvalue weighted by atomic mass is 9.98. The minimum atomic E-state index is -4.14. The molecule has 1 fully saturated rings. The van der Waals surface area contributed by atoms with Crippen molar-refractivity contribution in [3.8, 4) is 5.75 Å². The number of carbonyl (C=O) groups is 2. The minimum absolute atomic E-state index is 0.0376. The van der Waals surface area contributed by atoms with Crippen LogP contribution in [0.1, 0.15) is 25.0 Å². The van der Waals surface area contributed by atoms with Crippen LogP contribution in [0.5, 0.6) is 5.75 Å². The Morgan fingerprint density at radius 2 is 1.76 bits per heavy atom. The van der Waals surface area contributed by atoms with E-state index in [4.69, 9.17) is 10.5 Å². The second-order valence-corrected chi connectivity index (χ2v) is 10.1. The first-order chi connectivity index (χ1) is 16.2. The number of aryl methyl sites for hydroxylation is 1. The highest BCUT2D eigenvalue weighted by molar-refractivity contribution is 7.89. The average molecular weight is 491 g/mol. The van der Waals surface area contributed by atoms with Crippen molar-refractivity contribution in [2.45, 2.75) is 37.3 Å². The number of amides is 2. The van der Waals surface area contributed by atoms with E-state index in [1.165, 1.54) is 35.0 Å². The average Bonchev–Trinajstić information content (AvgIpc) is 2.86. The highest BCUT2D eigenvalue weighted by Gasteiger charge is 2.50. The number of ether oxygens (including phenoxy) is 1. The lowest BCUT2D eigenvalue weighted by Gasteiger charge is -2.46. The first kappa shape index (κ1) is 25.6. The molecule has 1 atom stereocenters. The summed E-state index contributed by atoms with van der Waals surface area (Å²) in [6.07, 6.45) is 0.876. The highest BCUT2D eigenvalue weighted by atomic mass is 32.2. The van der Waals surface area contributed by atoms with Crippen LogP contribution in [-0.2, 0) is 32.6 Å². The number of piperazine rings is 1. The fourth-order valence-corrected chi connectivity index (χ4v) is 5.79. The lowest BCUT2D eigenvalue weighted by Crippen LogP contribution is -2.69. The van der Waals surface area contributed by atoms with Crippen molar-refractivity contribution in [1.82, 2.24) is 14.7 Å². The third-order valence-electron chi connectivity index (χ3n) is 6.05. The van der Waals surface area contributed by atoms with Crippen LogP contribution in [0.25, 0.3) is 0 Å². The lowest BCUT2D eigenvalue weighted by molar-refractivity contribution is -0.145. The number of benzene rings is 2. The maximum Gasteiger partial charge on any atom is 0.266 e. The zero-order valence-corrected chi connectivity index (χ0v) is 20.0. The van der Waals surface area contributed by atoms with E-state index in [0.717, 1.165) is 16.3 Å². The number of nitrogens with one attached hydrogen (secondary N) is 1. The molecule has 11 heteroatoms. The highest BCUT2D eigenvalue weighted by Crippen LogP contribution is 2.30. The van der Waals surface area contributed by atoms with Gasteiger partial charge in [-0.2, -0.15) is 4.31 Å². The molecule has 1 aliphatic heterocycles. The van der Waals surface area contributed by atoms with Crippen LogP contribution >= 0.6 is 0 Å². The van der Waals surface area contributed by atoms with Crippen LogP contribution in [0.2, 0.25) is 0 Å². The van der Waals surface area contributed by atoms with Gasteiger partial charge in [-0.25, -0.2) is 13.9 Å². The number of hydrogen-bond donors (Lipinski definition) is 3. The van der Waals surface area contributed by atoms with Crippen LogP contribution < -0.4 is 16.0 Å². The van der Waals surface area contributed by atoms with E-state index >= 15 is 0 Å². The van der Waals surface area contributed by atoms with E-state index < -0.39 is 27.4 Å². The van der Waals surface area contributed by atoms with Gasteiger partial charge in [-0.3, -0.25) is 14.8 Å². The van der Waals surface area contributed by atoms with Gasteiger partial charge >= 0.3 is 0 Å². The zero-order valence-electron chi connectivity index (χ0n) is 19.2. The first-order valence-electron chi connectivity index (χ1n) is 10.9. The van der Waals surface area contributed by atoms with Crippen LogP contribution in [0.4, 0.5) is 0 Å². The van der Waals surface area contributed by atoms with Crippen molar-refractivity contribution in [3.63, 3.8) is 0 Å². The van der Waals surface area contributed by atoms with Gasteiger partial charge in [0.25, 0.3) is 5.91 Å². The molecule has 0 bridgehead atoms. The summed E-state index contributed by atoms with van der Waals surface area (Å²) in [6.45, 7) is 3.19. The number of hydroxylamine groups is 1. The summed E-state index contributed by atoms with van der Waals surface area (Å²) in [5, 5.41) is 9.25. The quantitative estimate of drug-likeness (QED) is 0.368. The molecule has 0 spiro atoms. The Balaban J connectivity index is 1.81. The molecule has 0 aromatic heterocycles. The molecule has 34 heavy (non-hydrogen) atoms. The van der Waals surface area contributed by atoms with Crippen LogP contribution in [0.3, 0.4) is 0 Å². The second kappa shape index (κ2) is 10.5. The van der Waals surface area contributed by atoms with Crippen molar-refractivity contribution < 1.29 is 28.0 Å². The number of nitrogens with two attached hydrogens (primary N) is 1. The van der Waals surface area contributed by atoms with Crippen molar-refractivity contribution in [3.05, 3.63) is 59.7 Å². The maximum atomic E-state index is 13.4. The normalized spacial score (nSPS) is 19.0. The van der Waals surface area contributed by atoms with Crippen LogP contribution in [-0.4, -0.2) is 66.4 Å². The van der Waals surface area contributed by atoms with Crippen molar-refractivity contribution >= 4 is 21.8 Å². The molecular formula is C23H30N4O6S. The number of sulfonamides is 1. The van der Waals surface area contributed by atoms with E-state index in [1.54, 1.807) is 12.1 Å². The Morgan fingerprint density at radius 1 is 1.12 bits per heavy atom. The van der Waals surface area contributed by atoms with E-state index in [1.807, 2.05) is 24.3 Å². The zero-order chi connectivity index (χ0) is 24.9. The van der Waals surface area contributed by atoms with Gasteiger partial charge in [-0.05, 0) is 48.7 Å². The molecule has 184 valence electrons. The largest absolute Gasteiger partial charge is 0.489 e. The van der Waals surface area contributed by atoms with Gasteiger partial charge in [0.1, 0.15) is 17.9 Å². The topological polar surface area (TPSA) is 142 Å². The molecule has 3 rings (SSSR count). The Morgan fingerprint density at radius 3 is 2.35 bits per heavy atom. The second-order valence-electron chi connectivity index (χ2n) is 8.19. The fraction of sp³-hybridized carbons (Fsp3) is 0.391. The molecule has 1 aliphatic rings. The summed E-state index contributed by atoms with van der Waals surface area (Å²) in [5.74, 6) is -0.862. The monoisotopic (exact) mass is 490 g/mol. The Kier molecular flexibility index (Phi) is 7.93. The predicted octanol–water partition coefficient (Wildman–Crippen LogP) is 0.884. The Hall–Kier alpha value is -2.99. The molecule has 0 radical (unpaired) electrons. The first-order valence-corrected chi connectivity index (χ1v) is 12.4. The molecular weight excluding hydrogens is 460 g/mol. The summed E-state index contributed by atoms with van der Waals surface area (Å²) >= 11 is 0. The molecule has 1 heterocycles. The summed E-state index contributed by atoms with van der Waals surface area (Å²) in [6, 6.07) is 13.9. The molecule has 2 aromatic rings. The summed E-state index contributed by atoms with van der Waals surface area (Å²) < 4.78 is 33.7. The molecule has 2 aromatic carbocycles. The van der Waals surface area contributed by atoms with E-state index in [9.17, 15) is 23.2 Å². The predicted molar refractivity (Wildman–Crippen MR) is 124 cm³/mol. The summed E-state index contributed by atoms with van der Waals surface area (Å²) in [5.41, 5.74) is 7.44. The van der Waals surface area contributed by atoms with E-state index in [0.29, 0.717) is 12.4 Å². The van der Waals surface area contributed by atoms with Gasteiger partial charge in [0, 0.05) is 19.6 Å². The Labute approximate surface area is 199 Å². The number of carbonyl (C=O) groups excluding carboxylic acids is 2. The molecule has 2 amide bonds. The number of nitrogens with zero attached hydrogens (tertiary/aromatic N) is 2. The molecule has 0 aliphatic carbocycles. The Bertz CT molecular complexity index is 1140. The van der Waals surface area contributed by atoms with E-state index in [-0.39, 0.29) is 31.1 Å². The molecule has 1 unspecified atom stereocenters.